The number of anilines is 1. The van der Waals surface area contributed by atoms with Crippen LogP contribution in [0.4, 0.5) is 10.1 Å². The quantitative estimate of drug-likeness (QED) is 0.328. The number of nitrogens with one attached hydrogen (secondary N) is 1. The first-order valence-corrected chi connectivity index (χ1v) is 10.9. The van der Waals surface area contributed by atoms with Crippen molar-refractivity contribution in [3.8, 4) is 17.4 Å². The molecule has 0 aliphatic heterocycles. The lowest BCUT2D eigenvalue weighted by molar-refractivity contribution is 0.0691. The molecule has 1 atom stereocenters. The van der Waals surface area contributed by atoms with E-state index in [1.165, 1.54) is 24.3 Å². The van der Waals surface area contributed by atoms with Crippen LogP contribution in [0.2, 0.25) is 5.15 Å². The summed E-state index contributed by atoms with van der Waals surface area (Å²) in [6.07, 6.45) is 0. The Hall–Kier alpha value is -4.22. The topological polar surface area (TPSA) is 116 Å². The van der Waals surface area contributed by atoms with E-state index in [1.807, 2.05) is 19.1 Å². The predicted octanol–water partition coefficient (Wildman–Crippen LogP) is 6.01. The molecular formula is C26H19ClFN3O4. The van der Waals surface area contributed by atoms with Crippen LogP contribution in [-0.2, 0) is 0 Å². The van der Waals surface area contributed by atoms with Gasteiger partial charge in [-0.2, -0.15) is 5.26 Å². The number of pyridine rings is 1. The summed E-state index contributed by atoms with van der Waals surface area (Å²) >= 11 is 5.86. The lowest BCUT2D eigenvalue weighted by Crippen LogP contribution is -2.15. The van der Waals surface area contributed by atoms with Gasteiger partial charge < -0.3 is 14.8 Å². The molecule has 2 heterocycles. The average Bonchev–Trinajstić information content (AvgIpc) is 2.82. The highest BCUT2D eigenvalue weighted by atomic mass is 35.5. The van der Waals surface area contributed by atoms with Crippen LogP contribution in [0.15, 0.2) is 51.7 Å². The minimum Gasteiger partial charge on any atom is -0.476 e. The van der Waals surface area contributed by atoms with E-state index < -0.39 is 17.8 Å². The van der Waals surface area contributed by atoms with E-state index in [0.29, 0.717) is 10.9 Å². The zero-order chi connectivity index (χ0) is 25.4. The Balaban J connectivity index is 1.94. The largest absolute Gasteiger partial charge is 0.476 e. The van der Waals surface area contributed by atoms with Crippen LogP contribution in [0.5, 0.6) is 0 Å². The number of aromatic nitrogens is 1. The maximum absolute atomic E-state index is 14.3. The summed E-state index contributed by atoms with van der Waals surface area (Å²) in [5.74, 6) is -1.88. The van der Waals surface area contributed by atoms with Crippen LogP contribution in [-0.4, -0.2) is 16.1 Å². The lowest BCUT2D eigenvalue weighted by atomic mass is 9.97. The van der Waals surface area contributed by atoms with Gasteiger partial charge in [-0.25, -0.2) is 14.2 Å². The molecule has 0 radical (unpaired) electrons. The zero-order valence-electron chi connectivity index (χ0n) is 18.9. The second-order valence-electron chi connectivity index (χ2n) is 8.09. The van der Waals surface area contributed by atoms with Gasteiger partial charge in [0.25, 0.3) is 0 Å². The van der Waals surface area contributed by atoms with E-state index in [-0.39, 0.29) is 50.0 Å². The number of fused-ring (bicyclic) bond motifs is 1. The molecule has 4 rings (SSSR count). The van der Waals surface area contributed by atoms with E-state index in [0.717, 1.165) is 11.6 Å². The van der Waals surface area contributed by atoms with E-state index >= 15 is 0 Å². The first-order valence-electron chi connectivity index (χ1n) is 10.6. The molecule has 0 unspecified atom stereocenters. The molecule has 2 aromatic heterocycles. The number of rotatable bonds is 5. The molecule has 2 N–H and O–H groups in total. The smallest absolute Gasteiger partial charge is 0.356 e. The molecule has 7 nitrogen and oxygen atoms in total. The van der Waals surface area contributed by atoms with Gasteiger partial charge in [0.1, 0.15) is 28.4 Å². The number of carboxylic acid groups (broad SMARTS) is 1. The van der Waals surface area contributed by atoms with Crippen LogP contribution in [0, 0.1) is 31.0 Å². The fraction of sp³-hybridized carbons (Fsp3) is 0.154. The molecule has 0 amide bonds. The monoisotopic (exact) mass is 491 g/mol. The van der Waals surface area contributed by atoms with Crippen molar-refractivity contribution >= 4 is 34.2 Å². The highest BCUT2D eigenvalue weighted by Gasteiger charge is 2.22. The Morgan fingerprint density at radius 3 is 2.69 bits per heavy atom. The maximum Gasteiger partial charge on any atom is 0.356 e. The average molecular weight is 492 g/mol. The normalized spacial score (nSPS) is 11.8. The number of nitriles is 1. The van der Waals surface area contributed by atoms with E-state index in [1.54, 1.807) is 19.9 Å². The Morgan fingerprint density at radius 2 is 2.00 bits per heavy atom. The van der Waals surface area contributed by atoms with Gasteiger partial charge in [-0.15, -0.1) is 0 Å². The second-order valence-corrected chi connectivity index (χ2v) is 8.48. The number of aromatic carboxylic acids is 1. The summed E-state index contributed by atoms with van der Waals surface area (Å²) in [5.41, 5.74) is 1.46. The molecule has 4 aromatic rings. The van der Waals surface area contributed by atoms with Crippen molar-refractivity contribution in [3.63, 3.8) is 0 Å². The van der Waals surface area contributed by atoms with Gasteiger partial charge in [-0.3, -0.25) is 4.79 Å². The molecule has 0 fully saturated rings. The van der Waals surface area contributed by atoms with E-state index in [2.05, 4.69) is 10.3 Å². The molecule has 9 heteroatoms. The van der Waals surface area contributed by atoms with Gasteiger partial charge in [-0.05, 0) is 56.7 Å². The number of carboxylic acids is 1. The Kier molecular flexibility index (Phi) is 6.29. The number of hydrogen-bond donors (Lipinski definition) is 2. The summed E-state index contributed by atoms with van der Waals surface area (Å²) in [6, 6.07) is 11.9. The van der Waals surface area contributed by atoms with Gasteiger partial charge in [0.2, 0.25) is 0 Å². The van der Waals surface area contributed by atoms with Crippen LogP contribution in [0.3, 0.4) is 0 Å². The number of carbonyl (C=O) groups is 1. The third-order valence-corrected chi connectivity index (χ3v) is 5.87. The summed E-state index contributed by atoms with van der Waals surface area (Å²) in [7, 11) is 0. The number of nitrogens with zero attached hydrogens (tertiary/aromatic N) is 2. The van der Waals surface area contributed by atoms with Crippen LogP contribution >= 0.6 is 11.6 Å². The molecule has 0 saturated heterocycles. The van der Waals surface area contributed by atoms with Crippen LogP contribution in [0.25, 0.3) is 22.3 Å². The van der Waals surface area contributed by atoms with Crippen molar-refractivity contribution in [2.45, 2.75) is 26.8 Å². The molecule has 0 saturated carbocycles. The van der Waals surface area contributed by atoms with Crippen molar-refractivity contribution in [1.29, 1.82) is 5.26 Å². The highest BCUT2D eigenvalue weighted by Crippen LogP contribution is 2.34. The summed E-state index contributed by atoms with van der Waals surface area (Å²) in [6.45, 7) is 5.16. The van der Waals surface area contributed by atoms with Crippen molar-refractivity contribution in [1.82, 2.24) is 4.98 Å². The SMILES string of the molecule is Cc1cc([C@@H](C)Nc2ccc(Cl)nc2C(=O)O)c2oc(-c3cccc(F)c3C#N)c(C)c(=O)c2c1. The number of halogens is 2. The molecule has 0 spiro atoms. The summed E-state index contributed by atoms with van der Waals surface area (Å²) in [4.78, 5) is 28.8. The third kappa shape index (κ3) is 4.34. The van der Waals surface area contributed by atoms with Crippen molar-refractivity contribution < 1.29 is 18.7 Å². The minimum absolute atomic E-state index is 0.0381. The summed E-state index contributed by atoms with van der Waals surface area (Å²) < 4.78 is 20.5. The van der Waals surface area contributed by atoms with E-state index in [9.17, 15) is 24.3 Å². The van der Waals surface area contributed by atoms with Crippen molar-refractivity contribution in [3.05, 3.63) is 91.6 Å². The van der Waals surface area contributed by atoms with Crippen LogP contribution < -0.4 is 10.7 Å². The number of hydrogen-bond acceptors (Lipinski definition) is 6. The van der Waals surface area contributed by atoms with Crippen LogP contribution in [0.1, 0.15) is 45.7 Å². The lowest BCUT2D eigenvalue weighted by Gasteiger charge is -2.20. The molecule has 0 aliphatic rings. The first-order chi connectivity index (χ1) is 16.6. The molecular weight excluding hydrogens is 473 g/mol. The molecule has 0 bridgehead atoms. The Bertz CT molecular complexity index is 1610. The van der Waals surface area contributed by atoms with E-state index in [4.69, 9.17) is 16.0 Å². The maximum atomic E-state index is 14.3. The minimum atomic E-state index is -1.25. The molecule has 176 valence electrons. The Labute approximate surface area is 204 Å². The van der Waals surface area contributed by atoms with Gasteiger partial charge in [0, 0.05) is 16.7 Å². The van der Waals surface area contributed by atoms with Gasteiger partial charge >= 0.3 is 5.97 Å². The first kappa shape index (κ1) is 23.9. The fourth-order valence-corrected chi connectivity index (χ4v) is 4.15. The number of aryl methyl sites for hydroxylation is 1. The van der Waals surface area contributed by atoms with Crippen molar-refractivity contribution in [2.75, 3.05) is 5.32 Å². The highest BCUT2D eigenvalue weighted by molar-refractivity contribution is 6.29. The van der Waals surface area contributed by atoms with Crippen molar-refractivity contribution in [2.24, 2.45) is 0 Å². The second kappa shape index (κ2) is 9.20. The van der Waals surface area contributed by atoms with Gasteiger partial charge in [0.15, 0.2) is 11.1 Å². The number of benzene rings is 2. The predicted molar refractivity (Wildman–Crippen MR) is 130 cm³/mol. The molecule has 0 aliphatic carbocycles. The zero-order valence-corrected chi connectivity index (χ0v) is 19.7. The Morgan fingerprint density at radius 1 is 1.26 bits per heavy atom. The molecule has 35 heavy (non-hydrogen) atoms. The van der Waals surface area contributed by atoms with Gasteiger partial charge in [-0.1, -0.05) is 23.7 Å². The standard InChI is InChI=1S/C26H19ClFN3O4/c1-12-9-16(14(3)30-20-7-8-21(27)31-22(20)26(33)34)25-17(10-12)23(32)13(2)24(35-25)15-5-4-6-19(28)18(15)11-29/h4-10,14,30H,1-3H3,(H,33,34)/t14-/m1/s1. The fourth-order valence-electron chi connectivity index (χ4n) is 4.00. The summed E-state index contributed by atoms with van der Waals surface area (Å²) in [5, 5.41) is 22.5. The molecule has 2 aromatic carbocycles. The van der Waals surface area contributed by atoms with Gasteiger partial charge in [0.05, 0.1) is 22.7 Å². The third-order valence-electron chi connectivity index (χ3n) is 5.66.